The second kappa shape index (κ2) is 9.03. The van der Waals surface area contributed by atoms with E-state index in [9.17, 15) is 4.79 Å². The van der Waals surface area contributed by atoms with E-state index in [0.29, 0.717) is 13.2 Å². The maximum atomic E-state index is 12.1. The van der Waals surface area contributed by atoms with Gasteiger partial charge in [0.05, 0.1) is 6.61 Å². The minimum absolute atomic E-state index is 0. The van der Waals surface area contributed by atoms with Crippen molar-refractivity contribution in [2.45, 2.75) is 44.9 Å². The minimum Gasteiger partial charge on any atom is -0.380 e. The Balaban J connectivity index is 0.00000220. The van der Waals surface area contributed by atoms with Gasteiger partial charge in [-0.2, -0.15) is 0 Å². The van der Waals surface area contributed by atoms with E-state index in [1.807, 2.05) is 24.3 Å². The second-order valence-corrected chi connectivity index (χ2v) is 5.59. The molecular formula is C16H25ClN2O2. The highest BCUT2D eigenvalue weighted by molar-refractivity contribution is 5.85. The van der Waals surface area contributed by atoms with E-state index in [1.54, 1.807) is 7.11 Å². The molecule has 1 fully saturated rings. The fraction of sp³-hybridized carbons (Fsp3) is 0.562. The van der Waals surface area contributed by atoms with E-state index < -0.39 is 0 Å². The van der Waals surface area contributed by atoms with Crippen molar-refractivity contribution in [1.82, 2.24) is 5.32 Å². The summed E-state index contributed by atoms with van der Waals surface area (Å²) >= 11 is 0. The second-order valence-electron chi connectivity index (χ2n) is 5.59. The number of hydrogen-bond acceptors (Lipinski definition) is 3. The molecule has 0 heterocycles. The van der Waals surface area contributed by atoms with Crippen LogP contribution < -0.4 is 11.1 Å². The molecule has 1 amide bonds. The number of carbonyl (C=O) groups is 1. The minimum atomic E-state index is 0. The van der Waals surface area contributed by atoms with Gasteiger partial charge in [-0.05, 0) is 30.4 Å². The molecule has 0 radical (unpaired) electrons. The lowest BCUT2D eigenvalue weighted by Crippen LogP contribution is -2.37. The van der Waals surface area contributed by atoms with E-state index in [-0.39, 0.29) is 30.3 Å². The predicted octanol–water partition coefficient (Wildman–Crippen LogP) is 2.39. The van der Waals surface area contributed by atoms with Gasteiger partial charge in [0.15, 0.2) is 0 Å². The zero-order valence-electron chi connectivity index (χ0n) is 12.5. The molecular weight excluding hydrogens is 288 g/mol. The molecule has 0 bridgehead atoms. The van der Waals surface area contributed by atoms with Crippen molar-refractivity contribution in [3.05, 3.63) is 35.4 Å². The molecule has 0 saturated heterocycles. The van der Waals surface area contributed by atoms with E-state index in [2.05, 4.69) is 5.32 Å². The van der Waals surface area contributed by atoms with Gasteiger partial charge in [-0.1, -0.05) is 30.7 Å². The van der Waals surface area contributed by atoms with Gasteiger partial charge in [0.25, 0.3) is 0 Å². The van der Waals surface area contributed by atoms with Crippen LogP contribution in [0.2, 0.25) is 0 Å². The van der Waals surface area contributed by atoms with Crippen molar-refractivity contribution in [3.8, 4) is 0 Å². The van der Waals surface area contributed by atoms with Crippen molar-refractivity contribution in [2.75, 3.05) is 7.11 Å². The van der Waals surface area contributed by atoms with Crippen LogP contribution in [0.5, 0.6) is 0 Å². The fourth-order valence-corrected chi connectivity index (χ4v) is 2.72. The standard InChI is InChI=1S/C16H24N2O2.ClH/c1-20-11-13-7-5-12(6-8-13)10-18-16(19)14-3-2-4-15(17)9-14;/h5-8,14-15H,2-4,9-11,17H2,1H3,(H,18,19);1H. The normalized spacial score (nSPS) is 21.4. The number of halogens is 1. The van der Waals surface area contributed by atoms with Crippen LogP contribution in [0, 0.1) is 5.92 Å². The molecule has 1 aliphatic carbocycles. The van der Waals surface area contributed by atoms with Gasteiger partial charge in [-0.3, -0.25) is 4.79 Å². The molecule has 5 heteroatoms. The SMILES string of the molecule is COCc1ccc(CNC(=O)C2CCCC(N)C2)cc1.Cl. The molecule has 0 spiro atoms. The molecule has 1 saturated carbocycles. The first kappa shape index (κ1) is 18.0. The highest BCUT2D eigenvalue weighted by Gasteiger charge is 2.24. The molecule has 0 aliphatic heterocycles. The first-order valence-electron chi connectivity index (χ1n) is 7.29. The van der Waals surface area contributed by atoms with Gasteiger partial charge in [0, 0.05) is 25.6 Å². The average molecular weight is 313 g/mol. The molecule has 4 nitrogen and oxygen atoms in total. The Kier molecular flexibility index (Phi) is 7.72. The van der Waals surface area contributed by atoms with Crippen LogP contribution in [0.25, 0.3) is 0 Å². The largest absolute Gasteiger partial charge is 0.380 e. The van der Waals surface area contributed by atoms with Crippen LogP contribution in [0.4, 0.5) is 0 Å². The Hall–Kier alpha value is -1.10. The van der Waals surface area contributed by atoms with E-state index in [4.69, 9.17) is 10.5 Å². The summed E-state index contributed by atoms with van der Waals surface area (Å²) in [6.07, 6.45) is 3.89. The Bertz CT molecular complexity index is 436. The lowest BCUT2D eigenvalue weighted by atomic mass is 9.85. The van der Waals surface area contributed by atoms with Gasteiger partial charge in [-0.15, -0.1) is 12.4 Å². The number of hydrogen-bond donors (Lipinski definition) is 2. The zero-order valence-corrected chi connectivity index (χ0v) is 13.3. The predicted molar refractivity (Wildman–Crippen MR) is 86.2 cm³/mol. The summed E-state index contributed by atoms with van der Waals surface area (Å²) in [5.41, 5.74) is 8.17. The summed E-state index contributed by atoms with van der Waals surface area (Å²) in [5, 5.41) is 3.01. The van der Waals surface area contributed by atoms with Gasteiger partial charge >= 0.3 is 0 Å². The van der Waals surface area contributed by atoms with Crippen molar-refractivity contribution < 1.29 is 9.53 Å². The smallest absolute Gasteiger partial charge is 0.223 e. The number of nitrogens with one attached hydrogen (secondary N) is 1. The molecule has 0 aromatic heterocycles. The molecule has 2 unspecified atom stereocenters. The van der Waals surface area contributed by atoms with E-state index in [1.165, 1.54) is 0 Å². The van der Waals surface area contributed by atoms with Gasteiger partial charge in [0.2, 0.25) is 5.91 Å². The Morgan fingerprint density at radius 3 is 2.57 bits per heavy atom. The number of nitrogens with two attached hydrogens (primary N) is 1. The molecule has 2 atom stereocenters. The summed E-state index contributed by atoms with van der Waals surface area (Å²) < 4.78 is 5.07. The van der Waals surface area contributed by atoms with Crippen LogP contribution in [0.15, 0.2) is 24.3 Å². The molecule has 118 valence electrons. The van der Waals surface area contributed by atoms with Crippen LogP contribution >= 0.6 is 12.4 Å². The third-order valence-electron chi connectivity index (χ3n) is 3.89. The summed E-state index contributed by atoms with van der Waals surface area (Å²) in [6, 6.07) is 8.30. The summed E-state index contributed by atoms with van der Waals surface area (Å²) in [7, 11) is 1.68. The van der Waals surface area contributed by atoms with Crippen LogP contribution in [-0.4, -0.2) is 19.1 Å². The number of rotatable bonds is 5. The fourth-order valence-electron chi connectivity index (χ4n) is 2.72. The molecule has 21 heavy (non-hydrogen) atoms. The van der Waals surface area contributed by atoms with Gasteiger partial charge < -0.3 is 15.8 Å². The highest BCUT2D eigenvalue weighted by Crippen LogP contribution is 2.23. The Morgan fingerprint density at radius 1 is 1.29 bits per heavy atom. The van der Waals surface area contributed by atoms with Gasteiger partial charge in [-0.25, -0.2) is 0 Å². The van der Waals surface area contributed by atoms with Crippen LogP contribution in [0.3, 0.4) is 0 Å². The Morgan fingerprint density at radius 2 is 1.95 bits per heavy atom. The first-order chi connectivity index (χ1) is 9.69. The molecule has 1 aliphatic rings. The number of ether oxygens (including phenoxy) is 1. The maximum absolute atomic E-state index is 12.1. The van der Waals surface area contributed by atoms with E-state index in [0.717, 1.165) is 36.8 Å². The van der Waals surface area contributed by atoms with Gasteiger partial charge in [0.1, 0.15) is 0 Å². The summed E-state index contributed by atoms with van der Waals surface area (Å²) in [5.74, 6) is 0.229. The topological polar surface area (TPSA) is 64.3 Å². The summed E-state index contributed by atoms with van der Waals surface area (Å²) in [4.78, 5) is 12.1. The summed E-state index contributed by atoms with van der Waals surface area (Å²) in [6.45, 7) is 1.20. The molecule has 1 aromatic carbocycles. The maximum Gasteiger partial charge on any atom is 0.223 e. The first-order valence-corrected chi connectivity index (χ1v) is 7.29. The van der Waals surface area contributed by atoms with Crippen LogP contribution in [0.1, 0.15) is 36.8 Å². The molecule has 3 N–H and O–H groups in total. The van der Waals surface area contributed by atoms with Crippen molar-refractivity contribution >= 4 is 18.3 Å². The number of amides is 1. The molecule has 1 aromatic rings. The Labute approximate surface area is 132 Å². The van der Waals surface area contributed by atoms with E-state index >= 15 is 0 Å². The number of carbonyl (C=O) groups excluding carboxylic acids is 1. The van der Waals surface area contributed by atoms with Crippen molar-refractivity contribution in [3.63, 3.8) is 0 Å². The third kappa shape index (κ3) is 5.65. The zero-order chi connectivity index (χ0) is 14.4. The average Bonchev–Trinajstić information content (AvgIpc) is 2.46. The lowest BCUT2D eigenvalue weighted by molar-refractivity contribution is -0.126. The quantitative estimate of drug-likeness (QED) is 0.877. The molecule has 2 rings (SSSR count). The highest BCUT2D eigenvalue weighted by atomic mass is 35.5. The van der Waals surface area contributed by atoms with Crippen molar-refractivity contribution in [1.29, 1.82) is 0 Å². The monoisotopic (exact) mass is 312 g/mol. The number of methoxy groups -OCH3 is 1. The van der Waals surface area contributed by atoms with Crippen molar-refractivity contribution in [2.24, 2.45) is 11.7 Å². The third-order valence-corrected chi connectivity index (χ3v) is 3.89. The number of benzene rings is 1. The lowest BCUT2D eigenvalue weighted by Gasteiger charge is -2.25. The van der Waals surface area contributed by atoms with Crippen LogP contribution in [-0.2, 0) is 22.7 Å².